The molecule has 2 aliphatic heterocycles. The Morgan fingerprint density at radius 3 is 2.70 bits per heavy atom. The molecular formula is C25H20FNO6. The van der Waals surface area contributed by atoms with Gasteiger partial charge in [0.1, 0.15) is 23.9 Å². The Morgan fingerprint density at radius 2 is 1.85 bits per heavy atom. The molecule has 0 bridgehead atoms. The maximum absolute atomic E-state index is 14.1. The number of nitrogens with one attached hydrogen (secondary N) is 1. The van der Waals surface area contributed by atoms with Gasteiger partial charge in [0.2, 0.25) is 6.29 Å². The molecule has 3 aromatic rings. The van der Waals surface area contributed by atoms with Crippen LogP contribution in [0.2, 0.25) is 0 Å². The second kappa shape index (κ2) is 8.91. The number of hydrogen-bond donors (Lipinski definition) is 1. The lowest BCUT2D eigenvalue weighted by Crippen LogP contribution is -2.38. The van der Waals surface area contributed by atoms with E-state index in [0.29, 0.717) is 28.3 Å². The molecule has 0 spiro atoms. The first-order chi connectivity index (χ1) is 16.1. The van der Waals surface area contributed by atoms with Crippen molar-refractivity contribution >= 4 is 17.6 Å². The number of hydrogen-bond acceptors (Lipinski definition) is 6. The van der Waals surface area contributed by atoms with E-state index in [0.717, 1.165) is 5.56 Å². The monoisotopic (exact) mass is 449 g/mol. The molecule has 0 radical (unpaired) electrons. The van der Waals surface area contributed by atoms with Gasteiger partial charge < -0.3 is 24.3 Å². The van der Waals surface area contributed by atoms with Crippen LogP contribution in [0.15, 0.2) is 66.7 Å². The van der Waals surface area contributed by atoms with Gasteiger partial charge in [-0.1, -0.05) is 42.5 Å². The summed E-state index contributed by atoms with van der Waals surface area (Å²) in [6.07, 6.45) is -1.95. The Balaban J connectivity index is 1.26. The Hall–Kier alpha value is -3.91. The van der Waals surface area contributed by atoms with Crippen molar-refractivity contribution in [1.29, 1.82) is 0 Å². The average Bonchev–Trinajstić information content (AvgIpc) is 2.83. The molecule has 2 aliphatic rings. The van der Waals surface area contributed by atoms with Crippen LogP contribution >= 0.6 is 0 Å². The van der Waals surface area contributed by atoms with Crippen molar-refractivity contribution in [3.63, 3.8) is 0 Å². The van der Waals surface area contributed by atoms with Gasteiger partial charge in [0.05, 0.1) is 18.7 Å². The molecule has 7 nitrogen and oxygen atoms in total. The largest absolute Gasteiger partial charge is 0.478 e. The molecule has 2 unspecified atom stereocenters. The Kier molecular flexibility index (Phi) is 5.66. The summed E-state index contributed by atoms with van der Waals surface area (Å²) < 4.78 is 36.8. The normalized spacial score (nSPS) is 18.8. The van der Waals surface area contributed by atoms with Crippen LogP contribution in [0, 0.1) is 5.82 Å². The van der Waals surface area contributed by atoms with E-state index >= 15 is 0 Å². The third kappa shape index (κ3) is 4.51. The highest BCUT2D eigenvalue weighted by molar-refractivity contribution is 5.99. The molecule has 2 atom stereocenters. The minimum absolute atomic E-state index is 0.156. The molecule has 0 aliphatic carbocycles. The van der Waals surface area contributed by atoms with Crippen molar-refractivity contribution in [1.82, 2.24) is 0 Å². The molecule has 168 valence electrons. The number of rotatable bonds is 5. The smallest absolute Gasteiger partial charge is 0.310 e. The molecule has 0 saturated heterocycles. The van der Waals surface area contributed by atoms with Gasteiger partial charge in [-0.15, -0.1) is 0 Å². The number of fused-ring (bicyclic) bond motifs is 2. The highest BCUT2D eigenvalue weighted by Crippen LogP contribution is 2.37. The minimum atomic E-state index is -1.01. The van der Waals surface area contributed by atoms with Gasteiger partial charge in [-0.3, -0.25) is 9.59 Å². The molecule has 1 N–H and O–H groups in total. The topological polar surface area (TPSA) is 83.1 Å². The van der Waals surface area contributed by atoms with Gasteiger partial charge in [0, 0.05) is 16.7 Å². The third-order valence-corrected chi connectivity index (χ3v) is 5.34. The van der Waals surface area contributed by atoms with Crippen molar-refractivity contribution in [2.75, 3.05) is 5.32 Å². The second-order valence-corrected chi connectivity index (χ2v) is 7.68. The molecule has 3 aromatic carbocycles. The minimum Gasteiger partial charge on any atom is -0.478 e. The Labute approximate surface area is 189 Å². The van der Waals surface area contributed by atoms with Crippen molar-refractivity contribution in [2.45, 2.75) is 32.0 Å². The fourth-order valence-electron chi connectivity index (χ4n) is 3.75. The number of anilines is 1. The summed E-state index contributed by atoms with van der Waals surface area (Å²) in [6.45, 7) is -0.0611. The SMILES string of the molecule is O=C(CC1Oc2ccccc2NC1=O)OCc1cc(F)cc2c1OC(c1ccccc1)OC2. The molecule has 1 amide bonds. The first kappa shape index (κ1) is 21.0. The van der Waals surface area contributed by atoms with Gasteiger partial charge in [-0.2, -0.15) is 0 Å². The van der Waals surface area contributed by atoms with E-state index in [-0.39, 0.29) is 19.6 Å². The number of ether oxygens (including phenoxy) is 4. The first-order valence-corrected chi connectivity index (χ1v) is 10.4. The van der Waals surface area contributed by atoms with Crippen LogP contribution in [0.25, 0.3) is 0 Å². The van der Waals surface area contributed by atoms with E-state index in [9.17, 15) is 14.0 Å². The average molecular weight is 449 g/mol. The quantitative estimate of drug-likeness (QED) is 0.586. The predicted octanol–water partition coefficient (Wildman–Crippen LogP) is 4.27. The lowest BCUT2D eigenvalue weighted by Gasteiger charge is -2.28. The van der Waals surface area contributed by atoms with Crippen LogP contribution in [0.1, 0.15) is 29.4 Å². The van der Waals surface area contributed by atoms with Gasteiger partial charge in [0.15, 0.2) is 6.10 Å². The zero-order valence-electron chi connectivity index (χ0n) is 17.5. The number of carbonyl (C=O) groups is 2. The second-order valence-electron chi connectivity index (χ2n) is 7.68. The highest BCUT2D eigenvalue weighted by Gasteiger charge is 2.31. The molecule has 0 fully saturated rings. The van der Waals surface area contributed by atoms with E-state index in [1.54, 1.807) is 24.3 Å². The molecule has 0 saturated carbocycles. The highest BCUT2D eigenvalue weighted by atomic mass is 19.1. The zero-order valence-corrected chi connectivity index (χ0v) is 17.5. The fourth-order valence-corrected chi connectivity index (χ4v) is 3.75. The van der Waals surface area contributed by atoms with E-state index in [1.807, 2.05) is 30.3 Å². The molecule has 8 heteroatoms. The standard InChI is InChI=1S/C25H20FNO6/c26-18-10-16(23-17(11-18)14-31-25(33-23)15-6-2-1-3-7-15)13-30-22(28)12-21-24(29)27-19-8-4-5-9-20(19)32-21/h1-11,21,25H,12-14H2,(H,27,29). The summed E-state index contributed by atoms with van der Waals surface area (Å²) in [7, 11) is 0. The van der Waals surface area contributed by atoms with E-state index in [1.165, 1.54) is 12.1 Å². The lowest BCUT2D eigenvalue weighted by atomic mass is 10.1. The van der Waals surface area contributed by atoms with E-state index < -0.39 is 30.1 Å². The maximum Gasteiger partial charge on any atom is 0.310 e. The molecule has 0 aromatic heterocycles. The predicted molar refractivity (Wildman–Crippen MR) is 115 cm³/mol. The number of para-hydroxylation sites is 2. The van der Waals surface area contributed by atoms with Crippen LogP contribution in [-0.4, -0.2) is 18.0 Å². The van der Waals surface area contributed by atoms with Crippen molar-refractivity contribution in [2.24, 2.45) is 0 Å². The summed E-state index contributed by atoms with van der Waals surface area (Å²) in [5, 5.41) is 2.70. The number of esters is 1. The zero-order chi connectivity index (χ0) is 22.8. The van der Waals surface area contributed by atoms with Crippen LogP contribution in [0.3, 0.4) is 0 Å². The third-order valence-electron chi connectivity index (χ3n) is 5.34. The molecule has 2 heterocycles. The summed E-state index contributed by atoms with van der Waals surface area (Å²) in [4.78, 5) is 24.7. The first-order valence-electron chi connectivity index (χ1n) is 10.4. The Bertz CT molecular complexity index is 1200. The van der Waals surface area contributed by atoms with Crippen molar-refractivity contribution in [3.05, 3.63) is 89.2 Å². The molecular weight excluding hydrogens is 429 g/mol. The summed E-state index contributed by atoms with van der Waals surface area (Å²) in [5.74, 6) is -0.671. The maximum atomic E-state index is 14.1. The van der Waals surface area contributed by atoms with E-state index in [4.69, 9.17) is 18.9 Å². The summed E-state index contributed by atoms with van der Waals surface area (Å²) in [6, 6.07) is 18.9. The van der Waals surface area contributed by atoms with Crippen molar-refractivity contribution in [3.8, 4) is 11.5 Å². The molecule has 5 rings (SSSR count). The van der Waals surface area contributed by atoms with Crippen LogP contribution < -0.4 is 14.8 Å². The Morgan fingerprint density at radius 1 is 1.06 bits per heavy atom. The van der Waals surface area contributed by atoms with Crippen LogP contribution in [-0.2, 0) is 32.3 Å². The summed E-state index contributed by atoms with van der Waals surface area (Å²) >= 11 is 0. The fraction of sp³-hybridized carbons (Fsp3) is 0.200. The number of benzene rings is 3. The van der Waals surface area contributed by atoms with Gasteiger partial charge in [-0.05, 0) is 24.3 Å². The van der Waals surface area contributed by atoms with Gasteiger partial charge in [-0.25, -0.2) is 4.39 Å². The number of halogens is 1. The van der Waals surface area contributed by atoms with Gasteiger partial charge in [0.25, 0.3) is 5.91 Å². The van der Waals surface area contributed by atoms with Crippen LogP contribution in [0.5, 0.6) is 11.5 Å². The number of amides is 1. The van der Waals surface area contributed by atoms with Crippen molar-refractivity contribution < 1.29 is 32.9 Å². The van der Waals surface area contributed by atoms with E-state index in [2.05, 4.69) is 5.32 Å². The lowest BCUT2D eigenvalue weighted by molar-refractivity contribution is -0.149. The number of carbonyl (C=O) groups excluding carboxylic acids is 2. The van der Waals surface area contributed by atoms with Crippen LogP contribution in [0.4, 0.5) is 10.1 Å². The molecule has 33 heavy (non-hydrogen) atoms. The van der Waals surface area contributed by atoms with Gasteiger partial charge >= 0.3 is 5.97 Å². The summed E-state index contributed by atoms with van der Waals surface area (Å²) in [5.41, 5.74) is 2.27.